The third-order valence-corrected chi connectivity index (χ3v) is 9.46. The van der Waals surface area contributed by atoms with Crippen LogP contribution in [0.5, 0.6) is 5.75 Å². The number of pyridine rings is 1. The van der Waals surface area contributed by atoms with Gasteiger partial charge in [-0.15, -0.1) is 0 Å². The molecular weight excluding hydrogens is 571 g/mol. The van der Waals surface area contributed by atoms with Gasteiger partial charge >= 0.3 is 0 Å². The molecule has 0 radical (unpaired) electrons. The smallest absolute Gasteiger partial charge is 0.264 e. The number of amides is 1. The van der Waals surface area contributed by atoms with Gasteiger partial charge in [-0.2, -0.15) is 13.7 Å². The molecule has 1 saturated carbocycles. The number of nitrogens with one attached hydrogen (secondary N) is 1. The van der Waals surface area contributed by atoms with Gasteiger partial charge in [0.05, 0.1) is 29.6 Å². The molecule has 3 aromatic rings. The number of carbonyl (C=O) groups excluding carboxylic acids is 1. The number of fused-ring (bicyclic) bond motifs is 1. The van der Waals surface area contributed by atoms with Crippen LogP contribution in [0.25, 0.3) is 10.9 Å². The molecule has 1 amide bonds. The maximum atomic E-state index is 15.2. The summed E-state index contributed by atoms with van der Waals surface area (Å²) in [6.45, 7) is 9.40. The number of hydrogen-bond donors (Lipinski definition) is 1. The van der Waals surface area contributed by atoms with Gasteiger partial charge in [0.1, 0.15) is 23.7 Å². The number of nitrogens with zero attached hydrogens (tertiary/aromatic N) is 3. The fraction of sp³-hybridized carbons (Fsp3) is 0.469. The van der Waals surface area contributed by atoms with E-state index in [9.17, 15) is 18.5 Å². The molecule has 5 rings (SSSR count). The molecule has 1 aliphatic carbocycles. The predicted octanol–water partition coefficient (Wildman–Crippen LogP) is 5.05. The fourth-order valence-corrected chi connectivity index (χ4v) is 7.39. The SMILES string of the molecule is CC1(C)C(NC(=O)c2ccc(N3CCC(COS(C)(=O)=O)CC3)c(F)c2)C(C)(C)C1Oc1ccc(C#N)c2ncccc12. The predicted molar refractivity (Wildman–Crippen MR) is 162 cm³/mol. The zero-order valence-corrected chi connectivity index (χ0v) is 25.9. The van der Waals surface area contributed by atoms with Crippen molar-refractivity contribution in [3.8, 4) is 11.8 Å². The van der Waals surface area contributed by atoms with Gasteiger partial charge in [-0.25, -0.2) is 4.39 Å². The Bertz CT molecular complexity index is 1680. The normalized spacial score (nSPS) is 21.6. The van der Waals surface area contributed by atoms with Crippen LogP contribution in [0, 0.1) is 33.9 Å². The number of carbonyl (C=O) groups is 1. The minimum atomic E-state index is -3.49. The Labute approximate surface area is 252 Å². The van der Waals surface area contributed by atoms with Gasteiger partial charge in [0.25, 0.3) is 16.0 Å². The van der Waals surface area contributed by atoms with Crippen molar-refractivity contribution in [2.75, 3.05) is 30.9 Å². The summed E-state index contributed by atoms with van der Waals surface area (Å²) in [6, 6.07) is 13.6. The number of benzene rings is 2. The molecule has 9 nitrogen and oxygen atoms in total. The highest BCUT2D eigenvalue weighted by atomic mass is 32.2. The number of halogens is 1. The molecule has 2 aromatic carbocycles. The van der Waals surface area contributed by atoms with E-state index >= 15 is 4.39 Å². The molecular formula is C32H37FN4O5S. The molecule has 1 aliphatic heterocycles. The van der Waals surface area contributed by atoms with Gasteiger partial charge in [0, 0.05) is 47.1 Å². The van der Waals surface area contributed by atoms with Crippen molar-refractivity contribution in [3.63, 3.8) is 0 Å². The molecule has 0 spiro atoms. The van der Waals surface area contributed by atoms with Gasteiger partial charge in [0.2, 0.25) is 0 Å². The van der Waals surface area contributed by atoms with E-state index in [1.807, 2.05) is 38.7 Å². The molecule has 2 fully saturated rings. The molecule has 0 atom stereocenters. The van der Waals surface area contributed by atoms with Crippen molar-refractivity contribution in [3.05, 3.63) is 65.6 Å². The van der Waals surface area contributed by atoms with Gasteiger partial charge in [-0.3, -0.25) is 14.0 Å². The van der Waals surface area contributed by atoms with Crippen LogP contribution in [0.4, 0.5) is 10.1 Å². The van der Waals surface area contributed by atoms with Crippen molar-refractivity contribution in [2.24, 2.45) is 16.7 Å². The number of ether oxygens (including phenoxy) is 1. The lowest BCUT2D eigenvalue weighted by atomic mass is 9.49. The molecule has 2 aliphatic rings. The Morgan fingerprint density at radius 1 is 1.14 bits per heavy atom. The molecule has 11 heteroatoms. The first-order chi connectivity index (χ1) is 20.2. The van der Waals surface area contributed by atoms with E-state index < -0.39 is 26.8 Å². The summed E-state index contributed by atoms with van der Waals surface area (Å²) in [5.41, 5.74) is 0.801. The number of hydrogen-bond acceptors (Lipinski definition) is 8. The standard InChI is InChI=1S/C32H37FN4O5S/c1-31(2)29(32(3,4)30(31)42-26-11-9-22(18-34)27-23(26)7-6-14-35-27)36-28(38)21-8-10-25(24(33)17-21)37-15-12-20(13-16-37)19-41-43(5,39)40/h6-11,14,17,20,29-30H,12-13,15-16,19H2,1-5H3,(H,36,38). The summed E-state index contributed by atoms with van der Waals surface area (Å²) >= 11 is 0. The average Bonchev–Trinajstić information content (AvgIpc) is 2.97. The lowest BCUT2D eigenvalue weighted by Gasteiger charge is -2.63. The van der Waals surface area contributed by atoms with Gasteiger partial charge in [-0.05, 0) is 61.2 Å². The van der Waals surface area contributed by atoms with E-state index in [-0.39, 0.29) is 36.1 Å². The summed E-state index contributed by atoms with van der Waals surface area (Å²) < 4.78 is 49.3. The molecule has 43 heavy (non-hydrogen) atoms. The van der Waals surface area contributed by atoms with Gasteiger partial charge < -0.3 is 15.0 Å². The van der Waals surface area contributed by atoms with Crippen LogP contribution in [-0.2, 0) is 14.3 Å². The topological polar surface area (TPSA) is 122 Å². The van der Waals surface area contributed by atoms with E-state index in [2.05, 4.69) is 16.4 Å². The number of nitriles is 1. The van der Waals surface area contributed by atoms with Crippen LogP contribution >= 0.6 is 0 Å². The number of anilines is 1. The maximum Gasteiger partial charge on any atom is 0.264 e. The molecule has 1 saturated heterocycles. The highest BCUT2D eigenvalue weighted by Gasteiger charge is 2.64. The molecule has 0 bridgehead atoms. The summed E-state index contributed by atoms with van der Waals surface area (Å²) in [5, 5.41) is 13.4. The lowest BCUT2D eigenvalue weighted by Crippen LogP contribution is -2.74. The highest BCUT2D eigenvalue weighted by Crippen LogP contribution is 2.56. The zero-order chi connectivity index (χ0) is 31.2. The van der Waals surface area contributed by atoms with Crippen molar-refractivity contribution in [2.45, 2.75) is 52.7 Å². The fourth-order valence-electron chi connectivity index (χ4n) is 6.95. The Hall–Kier alpha value is -3.75. The Balaban J connectivity index is 1.24. The van der Waals surface area contributed by atoms with Crippen LogP contribution in [0.2, 0.25) is 0 Å². The van der Waals surface area contributed by atoms with Crippen LogP contribution in [0.3, 0.4) is 0 Å². The first-order valence-electron chi connectivity index (χ1n) is 14.4. The van der Waals surface area contributed by atoms with Gasteiger partial charge in [0.15, 0.2) is 0 Å². The van der Waals surface area contributed by atoms with E-state index in [1.54, 1.807) is 36.5 Å². The number of rotatable bonds is 8. The van der Waals surface area contributed by atoms with Crippen molar-refractivity contribution < 1.29 is 26.5 Å². The Kier molecular flexibility index (Phi) is 8.13. The van der Waals surface area contributed by atoms with Crippen LogP contribution in [0.15, 0.2) is 48.7 Å². The minimum Gasteiger partial charge on any atom is -0.488 e. The summed E-state index contributed by atoms with van der Waals surface area (Å²) in [6.07, 6.45) is 3.78. The second-order valence-electron chi connectivity index (χ2n) is 12.8. The molecule has 0 unspecified atom stereocenters. The number of aromatic nitrogens is 1. The third kappa shape index (κ3) is 6.04. The second kappa shape index (κ2) is 11.4. The second-order valence-corrected chi connectivity index (χ2v) is 14.4. The average molecular weight is 609 g/mol. The van der Waals surface area contributed by atoms with E-state index in [0.29, 0.717) is 48.4 Å². The molecule has 1 N–H and O–H groups in total. The number of piperidine rings is 1. The highest BCUT2D eigenvalue weighted by molar-refractivity contribution is 7.85. The summed E-state index contributed by atoms with van der Waals surface area (Å²) in [7, 11) is -3.49. The zero-order valence-electron chi connectivity index (χ0n) is 25.1. The van der Waals surface area contributed by atoms with E-state index in [4.69, 9.17) is 8.92 Å². The van der Waals surface area contributed by atoms with Crippen LogP contribution in [-0.4, -0.2) is 57.4 Å². The summed E-state index contributed by atoms with van der Waals surface area (Å²) in [5.74, 6) is -0.121. The maximum absolute atomic E-state index is 15.2. The Morgan fingerprint density at radius 2 is 1.84 bits per heavy atom. The van der Waals surface area contributed by atoms with Gasteiger partial charge in [-0.1, -0.05) is 27.7 Å². The third-order valence-electron chi connectivity index (χ3n) is 8.89. The van der Waals surface area contributed by atoms with Crippen molar-refractivity contribution in [1.29, 1.82) is 5.26 Å². The first kappa shape index (κ1) is 30.7. The van der Waals surface area contributed by atoms with E-state index in [0.717, 1.165) is 11.6 Å². The monoisotopic (exact) mass is 608 g/mol. The minimum absolute atomic E-state index is 0.0911. The van der Waals surface area contributed by atoms with Crippen LogP contribution in [0.1, 0.15) is 56.5 Å². The quantitative estimate of drug-likeness (QED) is 0.353. The van der Waals surface area contributed by atoms with Crippen molar-refractivity contribution in [1.82, 2.24) is 10.3 Å². The molecule has 228 valence electrons. The van der Waals surface area contributed by atoms with Crippen molar-refractivity contribution >= 4 is 32.6 Å². The Morgan fingerprint density at radius 3 is 2.47 bits per heavy atom. The molecule has 2 heterocycles. The van der Waals surface area contributed by atoms with Crippen LogP contribution < -0.4 is 15.0 Å². The van der Waals surface area contributed by atoms with E-state index in [1.165, 1.54) is 6.07 Å². The first-order valence-corrected chi connectivity index (χ1v) is 16.2. The largest absolute Gasteiger partial charge is 0.488 e. The molecule has 1 aromatic heterocycles. The lowest BCUT2D eigenvalue weighted by molar-refractivity contribution is -0.163. The summed E-state index contributed by atoms with van der Waals surface area (Å²) in [4.78, 5) is 19.6.